The van der Waals surface area contributed by atoms with Crippen LogP contribution < -0.4 is 14.8 Å². The van der Waals surface area contributed by atoms with Crippen LogP contribution in [-0.4, -0.2) is 39.7 Å². The van der Waals surface area contributed by atoms with E-state index in [1.807, 2.05) is 0 Å². The number of halogens is 2. The fourth-order valence-corrected chi connectivity index (χ4v) is 3.62. The predicted octanol–water partition coefficient (Wildman–Crippen LogP) is 1.84. The molecule has 0 atom stereocenters. The van der Waals surface area contributed by atoms with E-state index in [2.05, 4.69) is 19.7 Å². The van der Waals surface area contributed by atoms with E-state index in [1.54, 1.807) is 0 Å². The van der Waals surface area contributed by atoms with Gasteiger partial charge in [-0.05, 0) is 12.1 Å². The Morgan fingerprint density at radius 1 is 1.28 bits per heavy atom. The second-order valence-corrected chi connectivity index (χ2v) is 7.49. The molecular weight excluding hydrogens is 393 g/mol. The van der Waals surface area contributed by atoms with Gasteiger partial charge in [-0.15, -0.1) is 0 Å². The average Bonchev–Trinajstić information content (AvgIpc) is 3.03. The normalized spacial score (nSPS) is 11.3. The molecule has 0 saturated heterocycles. The molecule has 1 heterocycles. The topological polar surface area (TPSA) is 111 Å². The van der Waals surface area contributed by atoms with Crippen LogP contribution in [0.15, 0.2) is 29.0 Å². The molecule has 0 saturated carbocycles. The maximum absolute atomic E-state index is 12.1. The van der Waals surface area contributed by atoms with Crippen LogP contribution in [0.2, 0.25) is 10.0 Å². The third kappa shape index (κ3) is 5.60. The second-order valence-electron chi connectivity index (χ2n) is 4.87. The number of rotatable bonds is 8. The summed E-state index contributed by atoms with van der Waals surface area (Å²) in [6, 6.07) is 4.28. The highest BCUT2D eigenvalue weighted by Gasteiger charge is 2.15. The Balaban J connectivity index is 1.84. The number of aromatic nitrogens is 1. The van der Waals surface area contributed by atoms with E-state index in [0.29, 0.717) is 5.69 Å². The SMILES string of the molecule is COc1c(Cl)cc(C(=O)NCCNS(=O)(=O)Cc2ccon2)cc1Cl. The van der Waals surface area contributed by atoms with Crippen LogP contribution in [0.5, 0.6) is 5.75 Å². The van der Waals surface area contributed by atoms with Gasteiger partial charge in [0.1, 0.15) is 12.0 Å². The maximum Gasteiger partial charge on any atom is 0.251 e. The van der Waals surface area contributed by atoms with Crippen molar-refractivity contribution in [2.45, 2.75) is 5.75 Å². The number of sulfonamides is 1. The largest absolute Gasteiger partial charge is 0.494 e. The monoisotopic (exact) mass is 407 g/mol. The van der Waals surface area contributed by atoms with Crippen molar-refractivity contribution in [3.05, 3.63) is 45.8 Å². The van der Waals surface area contributed by atoms with Crippen molar-refractivity contribution in [1.29, 1.82) is 0 Å². The van der Waals surface area contributed by atoms with E-state index in [4.69, 9.17) is 27.9 Å². The van der Waals surface area contributed by atoms with E-state index >= 15 is 0 Å². The first-order valence-electron chi connectivity index (χ1n) is 7.00. The third-order valence-electron chi connectivity index (χ3n) is 3.03. The fraction of sp³-hybridized carbons (Fsp3) is 0.286. The fourth-order valence-electron chi connectivity index (χ4n) is 1.93. The summed E-state index contributed by atoms with van der Waals surface area (Å²) in [6.07, 6.45) is 1.29. The van der Waals surface area contributed by atoms with E-state index in [9.17, 15) is 13.2 Å². The zero-order valence-corrected chi connectivity index (χ0v) is 15.4. The van der Waals surface area contributed by atoms with Gasteiger partial charge in [0.25, 0.3) is 5.91 Å². The van der Waals surface area contributed by atoms with Gasteiger partial charge in [0, 0.05) is 24.7 Å². The van der Waals surface area contributed by atoms with Crippen molar-refractivity contribution in [2.24, 2.45) is 0 Å². The molecule has 11 heteroatoms. The number of carbonyl (C=O) groups is 1. The molecule has 1 aromatic carbocycles. The zero-order chi connectivity index (χ0) is 18.4. The van der Waals surface area contributed by atoms with Gasteiger partial charge >= 0.3 is 0 Å². The van der Waals surface area contributed by atoms with Crippen molar-refractivity contribution in [3.8, 4) is 5.75 Å². The Morgan fingerprint density at radius 2 is 1.96 bits per heavy atom. The minimum absolute atomic E-state index is 0.0174. The van der Waals surface area contributed by atoms with Crippen LogP contribution in [0.4, 0.5) is 0 Å². The molecule has 0 aliphatic rings. The highest BCUT2D eigenvalue weighted by molar-refractivity contribution is 7.88. The van der Waals surface area contributed by atoms with Gasteiger partial charge in [-0.3, -0.25) is 4.79 Å². The lowest BCUT2D eigenvalue weighted by Crippen LogP contribution is -2.35. The first-order valence-corrected chi connectivity index (χ1v) is 9.41. The average molecular weight is 408 g/mol. The first-order chi connectivity index (χ1) is 11.8. The molecule has 0 aliphatic carbocycles. The lowest BCUT2D eigenvalue weighted by Gasteiger charge is -2.10. The molecule has 8 nitrogen and oxygen atoms in total. The number of nitrogens with zero attached hydrogens (tertiary/aromatic N) is 1. The van der Waals surface area contributed by atoms with Crippen molar-refractivity contribution >= 4 is 39.1 Å². The second kappa shape index (κ2) is 8.52. The van der Waals surface area contributed by atoms with Crippen molar-refractivity contribution < 1.29 is 22.5 Å². The number of nitrogens with one attached hydrogen (secondary N) is 2. The van der Waals surface area contributed by atoms with Crippen LogP contribution in [0.3, 0.4) is 0 Å². The first kappa shape index (κ1) is 19.5. The molecule has 2 rings (SSSR count). The third-order valence-corrected chi connectivity index (χ3v) is 4.91. The molecule has 2 N–H and O–H groups in total. The van der Waals surface area contributed by atoms with E-state index < -0.39 is 15.9 Å². The van der Waals surface area contributed by atoms with E-state index in [0.717, 1.165) is 0 Å². The Hall–Kier alpha value is -1.81. The van der Waals surface area contributed by atoms with Gasteiger partial charge in [0.15, 0.2) is 5.75 Å². The number of ether oxygens (including phenoxy) is 1. The van der Waals surface area contributed by atoms with Crippen LogP contribution in [0.1, 0.15) is 16.1 Å². The summed E-state index contributed by atoms with van der Waals surface area (Å²) in [5.74, 6) is -0.469. The van der Waals surface area contributed by atoms with Crippen molar-refractivity contribution in [3.63, 3.8) is 0 Å². The summed E-state index contributed by atoms with van der Waals surface area (Å²) >= 11 is 11.9. The molecule has 0 spiro atoms. The van der Waals surface area contributed by atoms with Crippen LogP contribution in [-0.2, 0) is 15.8 Å². The number of hydrogen-bond donors (Lipinski definition) is 2. The summed E-state index contributed by atoms with van der Waals surface area (Å²) in [5, 5.41) is 6.50. The zero-order valence-electron chi connectivity index (χ0n) is 13.1. The van der Waals surface area contributed by atoms with Crippen molar-refractivity contribution in [1.82, 2.24) is 15.2 Å². The molecule has 2 aromatic rings. The lowest BCUT2D eigenvalue weighted by molar-refractivity contribution is 0.0954. The molecule has 1 amide bonds. The minimum Gasteiger partial charge on any atom is -0.494 e. The van der Waals surface area contributed by atoms with Crippen LogP contribution in [0.25, 0.3) is 0 Å². The van der Waals surface area contributed by atoms with Gasteiger partial charge < -0.3 is 14.6 Å². The van der Waals surface area contributed by atoms with Gasteiger partial charge in [0.05, 0.1) is 22.8 Å². The van der Waals surface area contributed by atoms with Crippen molar-refractivity contribution in [2.75, 3.05) is 20.2 Å². The minimum atomic E-state index is -3.57. The number of benzene rings is 1. The number of hydrogen-bond acceptors (Lipinski definition) is 6. The molecule has 0 bridgehead atoms. The van der Waals surface area contributed by atoms with Gasteiger partial charge in [-0.25, -0.2) is 13.1 Å². The number of carbonyl (C=O) groups excluding carboxylic acids is 1. The molecule has 0 unspecified atom stereocenters. The maximum atomic E-state index is 12.1. The lowest BCUT2D eigenvalue weighted by atomic mass is 10.2. The highest BCUT2D eigenvalue weighted by Crippen LogP contribution is 2.33. The summed E-state index contributed by atoms with van der Waals surface area (Å²) in [4.78, 5) is 12.1. The van der Waals surface area contributed by atoms with Gasteiger partial charge in [0.2, 0.25) is 10.0 Å². The molecule has 0 radical (unpaired) electrons. The van der Waals surface area contributed by atoms with Gasteiger partial charge in [-0.1, -0.05) is 28.4 Å². The number of amides is 1. The molecule has 25 heavy (non-hydrogen) atoms. The Kier molecular flexibility index (Phi) is 6.65. The summed E-state index contributed by atoms with van der Waals surface area (Å²) in [5.41, 5.74) is 0.528. The van der Waals surface area contributed by atoms with E-state index in [-0.39, 0.29) is 40.2 Å². The molecular formula is C14H15Cl2N3O5S. The Morgan fingerprint density at radius 3 is 2.52 bits per heavy atom. The molecule has 0 fully saturated rings. The standard InChI is InChI=1S/C14H15Cl2N3O5S/c1-23-13-11(15)6-9(7-12(13)16)14(20)17-3-4-18-25(21,22)8-10-2-5-24-19-10/h2,5-7,18H,3-4,8H2,1H3,(H,17,20). The summed E-state index contributed by atoms with van der Waals surface area (Å²) < 4.78 is 35.6. The Bertz CT molecular complexity index is 817. The van der Waals surface area contributed by atoms with Crippen LogP contribution >= 0.6 is 23.2 Å². The summed E-state index contributed by atoms with van der Waals surface area (Å²) in [6.45, 7) is 0.0989. The highest BCUT2D eigenvalue weighted by atomic mass is 35.5. The number of methoxy groups -OCH3 is 1. The van der Waals surface area contributed by atoms with Gasteiger partial charge in [-0.2, -0.15) is 0 Å². The van der Waals surface area contributed by atoms with Crippen LogP contribution in [0, 0.1) is 0 Å². The molecule has 1 aromatic heterocycles. The quantitative estimate of drug-likeness (QED) is 0.645. The molecule has 136 valence electrons. The Labute approximate surface area is 154 Å². The van der Waals surface area contributed by atoms with E-state index in [1.165, 1.54) is 31.6 Å². The molecule has 0 aliphatic heterocycles. The predicted molar refractivity (Wildman–Crippen MR) is 92.5 cm³/mol. The smallest absolute Gasteiger partial charge is 0.251 e. The summed E-state index contributed by atoms with van der Waals surface area (Å²) in [7, 11) is -2.16.